The number of aliphatic hydroxyl groups is 1. The number of carbonyl (C=O) groups excluding carboxylic acids is 5. The Morgan fingerprint density at radius 2 is 1.32 bits per heavy atom. The molecule has 0 aromatic heterocycles. The molecule has 0 aliphatic carbocycles. The molecule has 0 bridgehead atoms. The third kappa shape index (κ3) is 9.30. The van der Waals surface area contributed by atoms with E-state index in [0.717, 1.165) is 0 Å². The average molecular weight is 446 g/mol. The topological polar surface area (TPSA) is 203 Å². The number of hydrogen-bond acceptors (Lipinski definition) is 8. The Labute approximate surface area is 181 Å². The summed E-state index contributed by atoms with van der Waals surface area (Å²) < 4.78 is 4.69. The Morgan fingerprint density at radius 3 is 1.71 bits per heavy atom. The smallest absolute Gasteiger partial charge is 0.328 e. The Hall–Kier alpha value is -2.73. The fourth-order valence-electron chi connectivity index (χ4n) is 2.55. The lowest BCUT2D eigenvalue weighted by Gasteiger charge is -2.28. The molecule has 12 nitrogen and oxygen atoms in total. The molecule has 31 heavy (non-hydrogen) atoms. The fourth-order valence-corrected chi connectivity index (χ4v) is 2.55. The summed E-state index contributed by atoms with van der Waals surface area (Å²) in [5, 5.41) is 16.7. The van der Waals surface area contributed by atoms with Crippen molar-refractivity contribution in [3.05, 3.63) is 0 Å². The second-order valence-electron chi connectivity index (χ2n) is 7.98. The first-order valence-corrected chi connectivity index (χ1v) is 9.93. The molecular formula is C19H35N5O7. The summed E-state index contributed by atoms with van der Waals surface area (Å²) in [4.78, 5) is 60.9. The number of nitrogens with two attached hydrogens (primary N) is 2. The Balaban J connectivity index is 5.50. The van der Waals surface area contributed by atoms with E-state index in [4.69, 9.17) is 16.2 Å². The second-order valence-corrected chi connectivity index (χ2v) is 7.98. The number of methoxy groups -OCH3 is 1. The van der Waals surface area contributed by atoms with Crippen molar-refractivity contribution >= 4 is 29.6 Å². The zero-order valence-electron chi connectivity index (χ0n) is 18.8. The van der Waals surface area contributed by atoms with Crippen LogP contribution < -0.4 is 27.4 Å². The Bertz CT molecular complexity index is 666. The molecule has 0 unspecified atom stereocenters. The van der Waals surface area contributed by atoms with Gasteiger partial charge in [0.2, 0.25) is 23.6 Å². The van der Waals surface area contributed by atoms with Gasteiger partial charge in [-0.1, -0.05) is 27.7 Å². The zero-order valence-corrected chi connectivity index (χ0v) is 18.8. The first-order valence-electron chi connectivity index (χ1n) is 9.93. The highest BCUT2D eigenvalue weighted by molar-refractivity contribution is 5.96. The van der Waals surface area contributed by atoms with Crippen LogP contribution in [0.3, 0.4) is 0 Å². The molecule has 0 aliphatic heterocycles. The van der Waals surface area contributed by atoms with Crippen LogP contribution in [-0.4, -0.2) is 72.1 Å². The van der Waals surface area contributed by atoms with Crippen molar-refractivity contribution in [2.75, 3.05) is 7.11 Å². The van der Waals surface area contributed by atoms with Gasteiger partial charge in [0.1, 0.15) is 24.2 Å². The van der Waals surface area contributed by atoms with Crippen LogP contribution in [0.5, 0.6) is 0 Å². The van der Waals surface area contributed by atoms with E-state index in [-0.39, 0.29) is 5.92 Å². The van der Waals surface area contributed by atoms with Crippen LogP contribution in [0.25, 0.3) is 0 Å². The van der Waals surface area contributed by atoms with Crippen molar-refractivity contribution in [1.82, 2.24) is 16.0 Å². The summed E-state index contributed by atoms with van der Waals surface area (Å²) >= 11 is 0. The molecule has 0 aromatic rings. The number of primary amides is 1. The van der Waals surface area contributed by atoms with Crippen LogP contribution in [0.15, 0.2) is 0 Å². The van der Waals surface area contributed by atoms with Crippen LogP contribution in [-0.2, 0) is 28.7 Å². The van der Waals surface area contributed by atoms with Crippen molar-refractivity contribution < 1.29 is 33.8 Å². The highest BCUT2D eigenvalue weighted by Gasteiger charge is 2.34. The van der Waals surface area contributed by atoms with Crippen LogP contribution in [0, 0.1) is 11.8 Å². The number of amides is 4. The Morgan fingerprint density at radius 1 is 0.839 bits per heavy atom. The van der Waals surface area contributed by atoms with Crippen molar-refractivity contribution in [3.63, 3.8) is 0 Å². The van der Waals surface area contributed by atoms with Crippen LogP contribution >= 0.6 is 0 Å². The summed E-state index contributed by atoms with van der Waals surface area (Å²) in [7, 11) is 1.20. The molecule has 0 spiro atoms. The molecule has 12 heteroatoms. The van der Waals surface area contributed by atoms with Gasteiger partial charge in [0, 0.05) is 0 Å². The van der Waals surface area contributed by atoms with E-state index < -0.39 is 72.2 Å². The highest BCUT2D eigenvalue weighted by Crippen LogP contribution is 2.08. The van der Waals surface area contributed by atoms with E-state index in [1.807, 2.05) is 0 Å². The number of hydrogen-bond donors (Lipinski definition) is 6. The van der Waals surface area contributed by atoms with E-state index >= 15 is 0 Å². The van der Waals surface area contributed by atoms with Gasteiger partial charge in [0.15, 0.2) is 0 Å². The lowest BCUT2D eigenvalue weighted by atomic mass is 9.99. The van der Waals surface area contributed by atoms with Crippen LogP contribution in [0.1, 0.15) is 41.0 Å². The van der Waals surface area contributed by atoms with Crippen molar-refractivity contribution in [3.8, 4) is 0 Å². The Kier molecular flexibility index (Phi) is 11.7. The normalized spacial score (nSPS) is 15.9. The predicted molar refractivity (Wildman–Crippen MR) is 111 cm³/mol. The number of carbonyl (C=O) groups is 5. The van der Waals surface area contributed by atoms with Gasteiger partial charge < -0.3 is 37.3 Å². The molecule has 5 atom stereocenters. The van der Waals surface area contributed by atoms with Gasteiger partial charge in [0.25, 0.3) is 0 Å². The molecule has 4 amide bonds. The number of ether oxygens (including phenoxy) is 1. The van der Waals surface area contributed by atoms with Gasteiger partial charge in [0.05, 0.1) is 19.6 Å². The van der Waals surface area contributed by atoms with Gasteiger partial charge in [-0.15, -0.1) is 0 Å². The standard InChI is InChI=1S/C19H35N5O7/c1-8(2)14(18(29)24-15(9(3)4)19(30)31-6)23-16(27)11(7-12(20)26)22-17(28)13(21)10(5)25/h8-11,13-15,25H,7,21H2,1-6H3,(H2,20,26)(H,22,28)(H,23,27)(H,24,29)/t10-,11-,13+,14+,15+/m0/s1. The van der Waals surface area contributed by atoms with Gasteiger partial charge >= 0.3 is 5.97 Å². The molecule has 0 aromatic carbocycles. The molecule has 8 N–H and O–H groups in total. The minimum absolute atomic E-state index is 0.274. The van der Waals surface area contributed by atoms with E-state index in [1.54, 1.807) is 27.7 Å². The third-order valence-electron chi connectivity index (χ3n) is 4.53. The zero-order chi connectivity index (χ0) is 24.5. The third-order valence-corrected chi connectivity index (χ3v) is 4.53. The number of aliphatic hydroxyl groups excluding tert-OH is 1. The lowest BCUT2D eigenvalue weighted by molar-refractivity contribution is -0.147. The predicted octanol–water partition coefficient (Wildman–Crippen LogP) is -2.49. The molecule has 0 aliphatic rings. The van der Waals surface area contributed by atoms with Crippen molar-refractivity contribution in [2.24, 2.45) is 23.3 Å². The van der Waals surface area contributed by atoms with Crippen LogP contribution in [0.4, 0.5) is 0 Å². The largest absolute Gasteiger partial charge is 0.467 e. The number of rotatable bonds is 12. The summed E-state index contributed by atoms with van der Waals surface area (Å²) in [6.45, 7) is 8.05. The molecule has 0 fully saturated rings. The molecule has 0 saturated carbocycles. The van der Waals surface area contributed by atoms with E-state index in [9.17, 15) is 29.1 Å². The van der Waals surface area contributed by atoms with Crippen molar-refractivity contribution in [1.29, 1.82) is 0 Å². The molecule has 0 rings (SSSR count). The summed E-state index contributed by atoms with van der Waals surface area (Å²) in [5.74, 6) is -4.55. The number of nitrogens with one attached hydrogen (secondary N) is 3. The maximum atomic E-state index is 12.8. The summed E-state index contributed by atoms with van der Waals surface area (Å²) in [6, 6.07) is -4.76. The minimum atomic E-state index is -1.41. The van der Waals surface area contributed by atoms with E-state index in [2.05, 4.69) is 16.0 Å². The number of esters is 1. The highest BCUT2D eigenvalue weighted by atomic mass is 16.5. The summed E-state index contributed by atoms with van der Waals surface area (Å²) in [6.07, 6.45) is -1.74. The molecule has 0 radical (unpaired) electrons. The average Bonchev–Trinajstić information content (AvgIpc) is 2.66. The quantitative estimate of drug-likeness (QED) is 0.177. The molecule has 0 saturated heterocycles. The van der Waals surface area contributed by atoms with E-state index in [0.29, 0.717) is 0 Å². The molecule has 178 valence electrons. The van der Waals surface area contributed by atoms with Gasteiger partial charge in [-0.2, -0.15) is 0 Å². The lowest BCUT2D eigenvalue weighted by Crippen LogP contribution is -2.60. The molecule has 0 heterocycles. The van der Waals surface area contributed by atoms with E-state index in [1.165, 1.54) is 14.0 Å². The fraction of sp³-hybridized carbons (Fsp3) is 0.737. The van der Waals surface area contributed by atoms with Gasteiger partial charge in [-0.3, -0.25) is 19.2 Å². The maximum absolute atomic E-state index is 12.8. The first-order chi connectivity index (χ1) is 14.2. The summed E-state index contributed by atoms with van der Waals surface area (Å²) in [5.41, 5.74) is 10.7. The monoisotopic (exact) mass is 445 g/mol. The van der Waals surface area contributed by atoms with Crippen molar-refractivity contribution in [2.45, 2.75) is 71.3 Å². The maximum Gasteiger partial charge on any atom is 0.328 e. The molecular weight excluding hydrogens is 410 g/mol. The van der Waals surface area contributed by atoms with Gasteiger partial charge in [-0.25, -0.2) is 4.79 Å². The first kappa shape index (κ1) is 28.3. The SMILES string of the molecule is COC(=O)[C@H](NC(=O)[C@H](NC(=O)[C@H](CC(N)=O)NC(=O)[C@H](N)[C@H](C)O)C(C)C)C(C)C. The minimum Gasteiger partial charge on any atom is -0.467 e. The van der Waals surface area contributed by atoms with Gasteiger partial charge in [-0.05, 0) is 18.8 Å². The second kappa shape index (κ2) is 12.8. The van der Waals surface area contributed by atoms with Crippen LogP contribution in [0.2, 0.25) is 0 Å².